The van der Waals surface area contributed by atoms with Crippen molar-refractivity contribution < 1.29 is 14.3 Å². The highest BCUT2D eigenvalue weighted by Gasteiger charge is 2.18. The van der Waals surface area contributed by atoms with Crippen LogP contribution in [0.3, 0.4) is 0 Å². The summed E-state index contributed by atoms with van der Waals surface area (Å²) >= 11 is 0. The van der Waals surface area contributed by atoms with Crippen molar-refractivity contribution in [1.29, 1.82) is 0 Å². The monoisotopic (exact) mass is 417 g/mol. The standard InChI is InChI=1S/C25H27N3O3/c1-17-4-5-20(14-23(17)19-6-9-22(30-3)10-7-19)25(29)27-21-8-11-24(26-15-21)28-12-13-31-18(2)16-28/h4-11,14-15,18H,12-13,16H2,1-3H3,(H,27,29)/t18-/m1/s1. The molecule has 0 spiro atoms. The van der Waals surface area contributed by atoms with E-state index in [-0.39, 0.29) is 12.0 Å². The molecule has 1 aromatic heterocycles. The number of carbonyl (C=O) groups is 1. The molecule has 0 saturated carbocycles. The lowest BCUT2D eigenvalue weighted by molar-refractivity contribution is 0.0529. The Morgan fingerprint density at radius 1 is 1.16 bits per heavy atom. The second kappa shape index (κ2) is 9.18. The molecule has 0 bridgehead atoms. The maximum Gasteiger partial charge on any atom is 0.255 e. The van der Waals surface area contributed by atoms with Crippen LogP contribution >= 0.6 is 0 Å². The molecule has 2 heterocycles. The van der Waals surface area contributed by atoms with Crippen LogP contribution in [0.4, 0.5) is 11.5 Å². The fourth-order valence-corrected chi connectivity index (χ4v) is 3.72. The molecule has 1 aliphatic rings. The molecule has 1 amide bonds. The molecule has 4 rings (SSSR count). The van der Waals surface area contributed by atoms with Gasteiger partial charge in [-0.1, -0.05) is 18.2 Å². The molecular formula is C25H27N3O3. The van der Waals surface area contributed by atoms with Crippen molar-refractivity contribution in [2.45, 2.75) is 20.0 Å². The second-order valence-corrected chi connectivity index (χ2v) is 7.74. The fraction of sp³-hybridized carbons (Fsp3) is 0.280. The summed E-state index contributed by atoms with van der Waals surface area (Å²) in [6, 6.07) is 17.4. The van der Waals surface area contributed by atoms with Gasteiger partial charge in [0.2, 0.25) is 0 Å². The molecular weight excluding hydrogens is 390 g/mol. The Kier molecular flexibility index (Phi) is 6.18. The lowest BCUT2D eigenvalue weighted by atomic mass is 9.98. The van der Waals surface area contributed by atoms with Crippen molar-refractivity contribution in [3.05, 3.63) is 71.9 Å². The molecule has 160 valence electrons. The van der Waals surface area contributed by atoms with Gasteiger partial charge >= 0.3 is 0 Å². The summed E-state index contributed by atoms with van der Waals surface area (Å²) in [5.74, 6) is 1.53. The van der Waals surface area contributed by atoms with E-state index in [2.05, 4.69) is 22.1 Å². The van der Waals surface area contributed by atoms with E-state index in [0.717, 1.165) is 41.3 Å². The van der Waals surface area contributed by atoms with Crippen LogP contribution in [0, 0.1) is 6.92 Å². The number of hydrogen-bond acceptors (Lipinski definition) is 5. The number of methoxy groups -OCH3 is 1. The SMILES string of the molecule is COc1ccc(-c2cc(C(=O)Nc3ccc(N4CCO[C@H](C)C4)nc3)ccc2C)cc1. The molecule has 1 aliphatic heterocycles. The molecule has 1 saturated heterocycles. The average molecular weight is 418 g/mol. The van der Waals surface area contributed by atoms with Gasteiger partial charge in [-0.15, -0.1) is 0 Å². The van der Waals surface area contributed by atoms with E-state index in [0.29, 0.717) is 17.9 Å². The number of morpholine rings is 1. The lowest BCUT2D eigenvalue weighted by Gasteiger charge is -2.32. The molecule has 1 N–H and O–H groups in total. The molecule has 3 aromatic rings. The van der Waals surface area contributed by atoms with E-state index in [4.69, 9.17) is 9.47 Å². The minimum Gasteiger partial charge on any atom is -0.497 e. The third-order valence-electron chi connectivity index (χ3n) is 5.47. The van der Waals surface area contributed by atoms with E-state index in [1.807, 2.05) is 61.5 Å². The molecule has 2 aromatic carbocycles. The zero-order valence-corrected chi connectivity index (χ0v) is 18.1. The van der Waals surface area contributed by atoms with Gasteiger partial charge in [-0.2, -0.15) is 0 Å². The van der Waals surface area contributed by atoms with Crippen LogP contribution < -0.4 is 15.0 Å². The number of nitrogens with one attached hydrogen (secondary N) is 1. The molecule has 0 unspecified atom stereocenters. The largest absolute Gasteiger partial charge is 0.497 e. The van der Waals surface area contributed by atoms with E-state index < -0.39 is 0 Å². The van der Waals surface area contributed by atoms with Crippen molar-refractivity contribution in [3.8, 4) is 16.9 Å². The Hall–Kier alpha value is -3.38. The summed E-state index contributed by atoms with van der Waals surface area (Å²) in [6.07, 6.45) is 1.89. The van der Waals surface area contributed by atoms with Gasteiger partial charge in [0.15, 0.2) is 0 Å². The Balaban J connectivity index is 1.48. The highest BCUT2D eigenvalue weighted by molar-refractivity contribution is 6.05. The van der Waals surface area contributed by atoms with Crippen molar-refractivity contribution in [2.75, 3.05) is 37.0 Å². The second-order valence-electron chi connectivity index (χ2n) is 7.74. The van der Waals surface area contributed by atoms with Crippen LogP contribution in [0.15, 0.2) is 60.8 Å². The summed E-state index contributed by atoms with van der Waals surface area (Å²) in [6.45, 7) is 6.43. The Labute approximate surface area is 182 Å². The van der Waals surface area contributed by atoms with E-state index in [9.17, 15) is 4.79 Å². The number of benzene rings is 2. The minimum atomic E-state index is -0.163. The summed E-state index contributed by atoms with van der Waals surface area (Å²) in [5.41, 5.74) is 4.43. The van der Waals surface area contributed by atoms with Crippen LogP contribution in [0.1, 0.15) is 22.8 Å². The zero-order chi connectivity index (χ0) is 21.8. The van der Waals surface area contributed by atoms with Crippen LogP contribution in [0.25, 0.3) is 11.1 Å². The van der Waals surface area contributed by atoms with E-state index >= 15 is 0 Å². The number of rotatable bonds is 5. The van der Waals surface area contributed by atoms with Crippen molar-refractivity contribution in [3.63, 3.8) is 0 Å². The number of pyridine rings is 1. The van der Waals surface area contributed by atoms with Gasteiger partial charge in [0.25, 0.3) is 5.91 Å². The third kappa shape index (κ3) is 4.86. The average Bonchev–Trinajstić information content (AvgIpc) is 2.80. The number of aromatic nitrogens is 1. The molecule has 6 nitrogen and oxygen atoms in total. The van der Waals surface area contributed by atoms with Gasteiger partial charge < -0.3 is 19.7 Å². The van der Waals surface area contributed by atoms with Crippen LogP contribution in [-0.4, -0.2) is 43.8 Å². The van der Waals surface area contributed by atoms with Crippen LogP contribution in [-0.2, 0) is 4.74 Å². The number of nitrogens with zero attached hydrogens (tertiary/aromatic N) is 2. The topological polar surface area (TPSA) is 63.7 Å². The number of carbonyl (C=O) groups excluding carboxylic acids is 1. The third-order valence-corrected chi connectivity index (χ3v) is 5.47. The summed E-state index contributed by atoms with van der Waals surface area (Å²) in [7, 11) is 1.65. The van der Waals surface area contributed by atoms with E-state index in [1.54, 1.807) is 13.3 Å². The van der Waals surface area contributed by atoms with Gasteiger partial charge in [-0.3, -0.25) is 4.79 Å². The van der Waals surface area contributed by atoms with Gasteiger partial charge in [0, 0.05) is 18.7 Å². The fourth-order valence-electron chi connectivity index (χ4n) is 3.72. The van der Waals surface area contributed by atoms with Gasteiger partial charge in [0.05, 0.1) is 31.7 Å². The summed E-state index contributed by atoms with van der Waals surface area (Å²) in [4.78, 5) is 19.6. The smallest absolute Gasteiger partial charge is 0.255 e. The first-order valence-corrected chi connectivity index (χ1v) is 10.4. The normalized spacial score (nSPS) is 16.1. The minimum absolute atomic E-state index is 0.163. The molecule has 1 atom stereocenters. The van der Waals surface area contributed by atoms with Crippen LogP contribution in [0.5, 0.6) is 5.75 Å². The number of amides is 1. The lowest BCUT2D eigenvalue weighted by Crippen LogP contribution is -2.41. The summed E-state index contributed by atoms with van der Waals surface area (Å²) in [5, 5.41) is 2.95. The van der Waals surface area contributed by atoms with Crippen molar-refractivity contribution in [2.24, 2.45) is 0 Å². The first kappa shape index (κ1) is 20.9. The predicted molar refractivity (Wildman–Crippen MR) is 123 cm³/mol. The Morgan fingerprint density at radius 2 is 1.97 bits per heavy atom. The highest BCUT2D eigenvalue weighted by atomic mass is 16.5. The van der Waals surface area contributed by atoms with Gasteiger partial charge in [0.1, 0.15) is 11.6 Å². The zero-order valence-electron chi connectivity index (χ0n) is 18.1. The van der Waals surface area contributed by atoms with Crippen LogP contribution in [0.2, 0.25) is 0 Å². The number of aryl methyl sites for hydroxylation is 1. The first-order chi connectivity index (χ1) is 15.0. The highest BCUT2D eigenvalue weighted by Crippen LogP contribution is 2.27. The molecule has 31 heavy (non-hydrogen) atoms. The van der Waals surface area contributed by atoms with Crippen molar-refractivity contribution in [1.82, 2.24) is 4.98 Å². The number of hydrogen-bond donors (Lipinski definition) is 1. The number of ether oxygens (including phenoxy) is 2. The Morgan fingerprint density at radius 3 is 2.65 bits per heavy atom. The molecule has 6 heteroatoms. The van der Waals surface area contributed by atoms with Gasteiger partial charge in [-0.05, 0) is 66.9 Å². The van der Waals surface area contributed by atoms with Gasteiger partial charge in [-0.25, -0.2) is 4.98 Å². The molecule has 0 aliphatic carbocycles. The number of anilines is 2. The van der Waals surface area contributed by atoms with Crippen molar-refractivity contribution >= 4 is 17.4 Å². The predicted octanol–water partition coefficient (Wildman–Crippen LogP) is 4.54. The summed E-state index contributed by atoms with van der Waals surface area (Å²) < 4.78 is 10.8. The maximum atomic E-state index is 12.9. The van der Waals surface area contributed by atoms with E-state index in [1.165, 1.54) is 0 Å². The Bertz CT molecular complexity index is 1050. The molecule has 0 radical (unpaired) electrons. The first-order valence-electron chi connectivity index (χ1n) is 10.4. The molecule has 1 fully saturated rings. The quantitative estimate of drug-likeness (QED) is 0.660. The maximum absolute atomic E-state index is 12.9.